The number of benzene rings is 1. The van der Waals surface area contributed by atoms with Crippen LogP contribution in [0.2, 0.25) is 5.02 Å². The lowest BCUT2D eigenvalue weighted by molar-refractivity contribution is -0.153. The molecule has 160 valence electrons. The summed E-state index contributed by atoms with van der Waals surface area (Å²) in [6, 6.07) is 6.28. The number of carbonyl (C=O) groups is 3. The Bertz CT molecular complexity index is 762. The molecule has 0 aromatic heterocycles. The highest BCUT2D eigenvalue weighted by molar-refractivity contribution is 6.30. The third-order valence-corrected chi connectivity index (χ3v) is 4.95. The first-order valence-corrected chi connectivity index (χ1v) is 10.1. The van der Waals surface area contributed by atoms with Crippen LogP contribution in [0.1, 0.15) is 52.5 Å². The fraction of sp³-hybridized carbons (Fsp3) is 0.571. The number of hydrogen-bond acceptors (Lipinski definition) is 5. The zero-order chi connectivity index (χ0) is 21.8. The van der Waals surface area contributed by atoms with E-state index in [2.05, 4.69) is 5.32 Å². The SMILES string of the molecule is CCOC(=O)CN1C(=O)C(NC(=O)OC(C)(C)C)CC(c2cccc(Cl)c2)C1C. The highest BCUT2D eigenvalue weighted by atomic mass is 35.5. The Morgan fingerprint density at radius 1 is 1.31 bits per heavy atom. The molecule has 2 amide bonds. The summed E-state index contributed by atoms with van der Waals surface area (Å²) in [6.07, 6.45) is -0.301. The number of carbonyl (C=O) groups excluding carboxylic acids is 3. The van der Waals surface area contributed by atoms with Gasteiger partial charge in [-0.15, -0.1) is 0 Å². The summed E-state index contributed by atoms with van der Waals surface area (Å²) >= 11 is 6.15. The third-order valence-electron chi connectivity index (χ3n) is 4.72. The van der Waals surface area contributed by atoms with Crippen molar-refractivity contribution in [3.8, 4) is 0 Å². The number of halogens is 1. The van der Waals surface area contributed by atoms with Crippen LogP contribution in [0.4, 0.5) is 4.79 Å². The molecular formula is C21H29ClN2O5. The van der Waals surface area contributed by atoms with Crippen LogP contribution >= 0.6 is 11.6 Å². The molecule has 8 heteroatoms. The zero-order valence-electron chi connectivity index (χ0n) is 17.5. The van der Waals surface area contributed by atoms with E-state index in [1.807, 2.05) is 25.1 Å². The van der Waals surface area contributed by atoms with Gasteiger partial charge in [0.25, 0.3) is 0 Å². The van der Waals surface area contributed by atoms with Crippen LogP contribution in [-0.4, -0.2) is 53.7 Å². The summed E-state index contributed by atoms with van der Waals surface area (Å²) < 4.78 is 10.3. The Kier molecular flexibility index (Phi) is 7.52. The molecule has 3 unspecified atom stereocenters. The second-order valence-corrected chi connectivity index (χ2v) is 8.54. The summed E-state index contributed by atoms with van der Waals surface area (Å²) in [6.45, 7) is 8.88. The molecule has 0 bridgehead atoms. The van der Waals surface area contributed by atoms with Crippen molar-refractivity contribution in [1.29, 1.82) is 0 Å². The van der Waals surface area contributed by atoms with Crippen molar-refractivity contribution in [2.75, 3.05) is 13.2 Å². The van der Waals surface area contributed by atoms with Crippen molar-refractivity contribution in [2.24, 2.45) is 0 Å². The van der Waals surface area contributed by atoms with Gasteiger partial charge >= 0.3 is 12.1 Å². The van der Waals surface area contributed by atoms with Crippen molar-refractivity contribution >= 4 is 29.6 Å². The van der Waals surface area contributed by atoms with Gasteiger partial charge in [0.2, 0.25) is 5.91 Å². The van der Waals surface area contributed by atoms with E-state index < -0.39 is 23.7 Å². The van der Waals surface area contributed by atoms with Gasteiger partial charge in [0.1, 0.15) is 18.2 Å². The average molecular weight is 425 g/mol. The Balaban J connectivity index is 2.29. The Morgan fingerprint density at radius 2 is 2.00 bits per heavy atom. The molecule has 1 aromatic carbocycles. The number of amides is 2. The lowest BCUT2D eigenvalue weighted by atomic mass is 9.82. The number of nitrogens with zero attached hydrogens (tertiary/aromatic N) is 1. The minimum Gasteiger partial charge on any atom is -0.465 e. The van der Waals surface area contributed by atoms with Crippen LogP contribution in [0.3, 0.4) is 0 Å². The number of nitrogens with one attached hydrogen (secondary N) is 1. The molecule has 1 N–H and O–H groups in total. The first-order valence-electron chi connectivity index (χ1n) is 9.73. The Morgan fingerprint density at radius 3 is 2.59 bits per heavy atom. The molecule has 1 aromatic rings. The molecule has 1 heterocycles. The number of ether oxygens (including phenoxy) is 2. The predicted molar refractivity (Wildman–Crippen MR) is 110 cm³/mol. The van der Waals surface area contributed by atoms with Gasteiger partial charge in [-0.25, -0.2) is 4.79 Å². The summed E-state index contributed by atoms with van der Waals surface area (Å²) in [5.41, 5.74) is 0.244. The summed E-state index contributed by atoms with van der Waals surface area (Å²) in [7, 11) is 0. The molecule has 0 saturated carbocycles. The number of piperidine rings is 1. The monoisotopic (exact) mass is 424 g/mol. The van der Waals surface area contributed by atoms with E-state index in [0.717, 1.165) is 5.56 Å². The lowest BCUT2D eigenvalue weighted by Crippen LogP contribution is -2.59. The molecule has 1 fully saturated rings. The fourth-order valence-electron chi connectivity index (χ4n) is 3.46. The summed E-state index contributed by atoms with van der Waals surface area (Å²) in [5.74, 6) is -0.953. The third kappa shape index (κ3) is 6.35. The van der Waals surface area contributed by atoms with Crippen molar-refractivity contribution in [3.63, 3.8) is 0 Å². The summed E-state index contributed by atoms with van der Waals surface area (Å²) in [4.78, 5) is 38.8. The van der Waals surface area contributed by atoms with E-state index in [1.165, 1.54) is 4.90 Å². The second kappa shape index (κ2) is 9.48. The number of hydrogen-bond donors (Lipinski definition) is 1. The van der Waals surface area contributed by atoms with Gasteiger partial charge in [-0.1, -0.05) is 23.7 Å². The van der Waals surface area contributed by atoms with Crippen molar-refractivity contribution in [2.45, 2.75) is 64.6 Å². The highest BCUT2D eigenvalue weighted by Crippen LogP contribution is 2.34. The molecule has 0 aliphatic carbocycles. The maximum atomic E-state index is 13.0. The van der Waals surface area contributed by atoms with Crippen molar-refractivity contribution in [3.05, 3.63) is 34.9 Å². The number of alkyl carbamates (subject to hydrolysis) is 1. The maximum Gasteiger partial charge on any atom is 0.408 e. The van der Waals surface area contributed by atoms with Crippen LogP contribution < -0.4 is 5.32 Å². The molecule has 2 rings (SSSR count). The number of rotatable bonds is 5. The first kappa shape index (κ1) is 23.0. The molecule has 1 aliphatic rings. The molecule has 1 aliphatic heterocycles. The van der Waals surface area contributed by atoms with Gasteiger partial charge in [0, 0.05) is 17.0 Å². The van der Waals surface area contributed by atoms with E-state index in [4.69, 9.17) is 21.1 Å². The van der Waals surface area contributed by atoms with Gasteiger partial charge in [-0.05, 0) is 58.7 Å². The maximum absolute atomic E-state index is 13.0. The van der Waals surface area contributed by atoms with Gasteiger partial charge in [0.05, 0.1) is 6.61 Å². The van der Waals surface area contributed by atoms with Gasteiger partial charge in [0.15, 0.2) is 0 Å². The van der Waals surface area contributed by atoms with Crippen molar-refractivity contribution < 1.29 is 23.9 Å². The van der Waals surface area contributed by atoms with Crippen LogP contribution in [0.5, 0.6) is 0 Å². The van der Waals surface area contributed by atoms with Crippen molar-refractivity contribution in [1.82, 2.24) is 10.2 Å². The Hall–Kier alpha value is -2.28. The van der Waals surface area contributed by atoms with Crippen LogP contribution in [0, 0.1) is 0 Å². The van der Waals surface area contributed by atoms with E-state index in [0.29, 0.717) is 11.4 Å². The molecule has 7 nitrogen and oxygen atoms in total. The molecule has 0 radical (unpaired) electrons. The van der Waals surface area contributed by atoms with Crippen LogP contribution in [0.25, 0.3) is 0 Å². The Labute approximate surface area is 176 Å². The topological polar surface area (TPSA) is 84.9 Å². The van der Waals surface area contributed by atoms with E-state index in [9.17, 15) is 14.4 Å². The van der Waals surface area contributed by atoms with E-state index >= 15 is 0 Å². The average Bonchev–Trinajstić information content (AvgIpc) is 2.59. The minimum atomic E-state index is -0.820. The zero-order valence-corrected chi connectivity index (χ0v) is 18.3. The first-order chi connectivity index (χ1) is 13.5. The van der Waals surface area contributed by atoms with Gasteiger partial charge in [-0.3, -0.25) is 9.59 Å². The van der Waals surface area contributed by atoms with E-state index in [1.54, 1.807) is 33.8 Å². The van der Waals surface area contributed by atoms with Crippen LogP contribution in [-0.2, 0) is 19.1 Å². The molecular weight excluding hydrogens is 396 g/mol. The van der Waals surface area contributed by atoms with Crippen LogP contribution in [0.15, 0.2) is 24.3 Å². The lowest BCUT2D eigenvalue weighted by Gasteiger charge is -2.42. The van der Waals surface area contributed by atoms with Gasteiger partial charge < -0.3 is 19.7 Å². The quantitative estimate of drug-likeness (QED) is 0.731. The number of esters is 1. The smallest absolute Gasteiger partial charge is 0.408 e. The predicted octanol–water partition coefficient (Wildman–Crippen LogP) is 3.50. The largest absolute Gasteiger partial charge is 0.465 e. The van der Waals surface area contributed by atoms with Gasteiger partial charge in [-0.2, -0.15) is 0 Å². The normalized spacial score (nSPS) is 22.2. The number of likely N-dealkylation sites (tertiary alicyclic amines) is 1. The standard InChI is InChI=1S/C21H29ClN2O5/c1-6-28-18(25)12-24-13(2)16(14-8-7-9-15(22)10-14)11-17(19(24)26)23-20(27)29-21(3,4)5/h7-10,13,16-17H,6,11-12H2,1-5H3,(H,23,27). The minimum absolute atomic E-state index is 0.124. The second-order valence-electron chi connectivity index (χ2n) is 8.11. The van der Waals surface area contributed by atoms with E-state index in [-0.39, 0.29) is 31.0 Å². The molecule has 29 heavy (non-hydrogen) atoms. The fourth-order valence-corrected chi connectivity index (χ4v) is 3.66. The highest BCUT2D eigenvalue weighted by Gasteiger charge is 2.42. The summed E-state index contributed by atoms with van der Waals surface area (Å²) in [5, 5.41) is 3.24. The molecule has 1 saturated heterocycles. The molecule has 0 spiro atoms. The molecule has 3 atom stereocenters.